The van der Waals surface area contributed by atoms with Crippen molar-refractivity contribution in [3.63, 3.8) is 0 Å². The second-order valence-corrected chi connectivity index (χ2v) is 3.83. The van der Waals surface area contributed by atoms with Gasteiger partial charge in [-0.15, -0.1) is 0 Å². The summed E-state index contributed by atoms with van der Waals surface area (Å²) in [5, 5.41) is 10.3. The summed E-state index contributed by atoms with van der Waals surface area (Å²) in [6.07, 6.45) is -2.13. The largest absolute Gasteiger partial charge is 0.437 e. The van der Waals surface area contributed by atoms with E-state index in [0.717, 1.165) is 0 Å². The predicted molar refractivity (Wildman–Crippen MR) is 63.1 cm³/mol. The minimum Gasteiger partial charge on any atom is -0.437 e. The summed E-state index contributed by atoms with van der Waals surface area (Å²) < 4.78 is 35.8. The monoisotopic (exact) mass is 232 g/mol. The lowest BCUT2D eigenvalue weighted by atomic mass is 9.94. The van der Waals surface area contributed by atoms with Crippen LogP contribution in [0.2, 0.25) is 13.6 Å². The molecule has 1 unspecified atom stereocenters. The van der Waals surface area contributed by atoms with Crippen molar-refractivity contribution in [2.45, 2.75) is 44.7 Å². The van der Waals surface area contributed by atoms with Crippen LogP contribution in [0.4, 0.5) is 0 Å². The first-order valence-corrected chi connectivity index (χ1v) is 5.31. The Morgan fingerprint density at radius 3 is 2.69 bits per heavy atom. The van der Waals surface area contributed by atoms with Gasteiger partial charge in [0, 0.05) is 9.78 Å². The molecule has 0 aliphatic carbocycles. The molecule has 7 heteroatoms. The summed E-state index contributed by atoms with van der Waals surface area (Å²) in [6.45, 7) is 4.79. The first-order valence-electron chi connectivity index (χ1n) is 6.46. The molecular weight excluding hydrogens is 210 g/mol. The fourth-order valence-electron chi connectivity index (χ4n) is 1.86. The summed E-state index contributed by atoms with van der Waals surface area (Å²) in [5.41, 5.74) is -1.36. The minimum absolute atomic E-state index is 0.109. The van der Waals surface area contributed by atoms with Crippen LogP contribution in [0.1, 0.15) is 6.92 Å². The highest BCUT2D eigenvalue weighted by atomic mass is 16.7. The summed E-state index contributed by atoms with van der Waals surface area (Å²) in [5.74, 6) is 0. The number of hydrogen-bond donors (Lipinski definition) is 1. The molecule has 4 atom stereocenters. The van der Waals surface area contributed by atoms with Gasteiger partial charge in [-0.05, 0) is 6.92 Å². The van der Waals surface area contributed by atoms with E-state index >= 15 is 0 Å². The van der Waals surface area contributed by atoms with Gasteiger partial charge >= 0.3 is 0 Å². The van der Waals surface area contributed by atoms with Crippen molar-refractivity contribution in [3.05, 3.63) is 0 Å². The maximum absolute atomic E-state index is 10.3. The fraction of sp³-hybridized carbons (Fsp3) is 1.00. The zero-order valence-corrected chi connectivity index (χ0v) is 10.2. The van der Waals surface area contributed by atoms with Crippen molar-refractivity contribution in [2.75, 3.05) is 13.7 Å². The van der Waals surface area contributed by atoms with Gasteiger partial charge in [-0.2, -0.15) is 0 Å². The normalized spacial score (nSPS) is 40.4. The van der Waals surface area contributed by atoms with Crippen LogP contribution in [0.15, 0.2) is 0 Å². The van der Waals surface area contributed by atoms with Gasteiger partial charge in [-0.3, -0.25) is 0 Å². The Balaban J connectivity index is 2.74. The molecule has 0 aromatic heterocycles. The first-order chi connectivity index (χ1) is 8.28. The van der Waals surface area contributed by atoms with E-state index in [4.69, 9.17) is 21.5 Å². The molecule has 1 aliphatic rings. The summed E-state index contributed by atoms with van der Waals surface area (Å²) in [7, 11) is -0.0535. The zero-order chi connectivity index (χ0) is 13.9. The smallest absolute Gasteiger partial charge is 0.272 e. The van der Waals surface area contributed by atoms with E-state index in [9.17, 15) is 5.11 Å². The van der Waals surface area contributed by atoms with Crippen molar-refractivity contribution in [1.82, 2.24) is 0 Å². The molecule has 0 saturated carbocycles. The Bertz CT molecular complexity index is 267. The highest BCUT2D eigenvalue weighted by Gasteiger charge is 2.53. The molecular formula is C9H20B2O5. The molecule has 1 heterocycles. The number of ether oxygens (including phenoxy) is 2. The van der Waals surface area contributed by atoms with Crippen LogP contribution in [0.25, 0.3) is 0 Å². The van der Waals surface area contributed by atoms with Gasteiger partial charge in [0.1, 0.15) is 17.8 Å². The van der Waals surface area contributed by atoms with Crippen LogP contribution in [0, 0.1) is 0 Å². The average Bonchev–Trinajstić information content (AvgIpc) is 2.48. The van der Waals surface area contributed by atoms with Gasteiger partial charge in [-0.1, -0.05) is 13.6 Å². The zero-order valence-electron chi connectivity index (χ0n) is 12.2. The lowest BCUT2D eigenvalue weighted by molar-refractivity contribution is -0.185. The van der Waals surface area contributed by atoms with Gasteiger partial charge < -0.3 is 23.9 Å². The quantitative estimate of drug-likeness (QED) is 0.614. The number of hydrogen-bond acceptors (Lipinski definition) is 5. The fourth-order valence-corrected chi connectivity index (χ4v) is 1.86. The van der Waals surface area contributed by atoms with Gasteiger partial charge in [0.25, 0.3) is 14.9 Å². The van der Waals surface area contributed by atoms with Crippen LogP contribution >= 0.6 is 0 Å². The van der Waals surface area contributed by atoms with Crippen molar-refractivity contribution in [3.8, 4) is 0 Å². The van der Waals surface area contributed by atoms with Crippen LogP contribution in [-0.4, -0.2) is 60.5 Å². The van der Waals surface area contributed by atoms with E-state index < -0.39 is 39.0 Å². The van der Waals surface area contributed by atoms with Crippen LogP contribution in [0.3, 0.4) is 0 Å². The molecule has 0 radical (unpaired) electrons. The summed E-state index contributed by atoms with van der Waals surface area (Å²) >= 11 is 0. The molecule has 1 saturated heterocycles. The van der Waals surface area contributed by atoms with Gasteiger partial charge in [0.15, 0.2) is 6.29 Å². The molecule has 1 N–H and O–H groups in total. The SMILES string of the molecule is [2H]B(C)OC[C@H]1OC(OC)[C@](C)(O)[C@@H]1OB([2H])C. The summed E-state index contributed by atoms with van der Waals surface area (Å²) in [6, 6.07) is 0. The second-order valence-electron chi connectivity index (χ2n) is 3.83. The Morgan fingerprint density at radius 1 is 1.50 bits per heavy atom. The van der Waals surface area contributed by atoms with Gasteiger partial charge in [0.05, 0.1) is 6.61 Å². The Morgan fingerprint density at radius 2 is 2.19 bits per heavy atom. The van der Waals surface area contributed by atoms with E-state index in [1.165, 1.54) is 7.11 Å². The molecule has 0 bridgehead atoms. The molecule has 0 aromatic carbocycles. The first kappa shape index (κ1) is 11.0. The summed E-state index contributed by atoms with van der Waals surface area (Å²) in [4.78, 5) is 0. The van der Waals surface area contributed by atoms with Crippen LogP contribution in [-0.2, 0) is 18.8 Å². The maximum Gasteiger partial charge on any atom is 0.272 e. The van der Waals surface area contributed by atoms with Crippen molar-refractivity contribution in [1.29, 1.82) is 2.67 Å². The van der Waals surface area contributed by atoms with E-state index in [0.29, 0.717) is 0 Å². The second kappa shape index (κ2) is 6.02. The Hall–Kier alpha value is -0.0701. The highest BCUT2D eigenvalue weighted by molar-refractivity contribution is 6.25. The highest BCUT2D eigenvalue weighted by Crippen LogP contribution is 2.33. The molecule has 16 heavy (non-hydrogen) atoms. The molecule has 0 amide bonds. The van der Waals surface area contributed by atoms with Crippen LogP contribution < -0.4 is 0 Å². The van der Waals surface area contributed by atoms with Crippen molar-refractivity contribution < 1.29 is 23.9 Å². The maximum atomic E-state index is 10.3. The van der Waals surface area contributed by atoms with E-state index in [2.05, 4.69) is 0 Å². The van der Waals surface area contributed by atoms with E-state index in [-0.39, 0.29) is 6.61 Å². The predicted octanol–water partition coefficient (Wildman–Crippen LogP) is -0.690. The number of rotatable bonds is 6. The topological polar surface area (TPSA) is 57.2 Å². The van der Waals surface area contributed by atoms with E-state index in [1.54, 1.807) is 20.6 Å². The minimum atomic E-state index is -1.36. The third-order valence-corrected chi connectivity index (χ3v) is 2.61. The molecule has 1 fully saturated rings. The lowest BCUT2D eigenvalue weighted by Crippen LogP contribution is -2.48. The number of methoxy groups -OCH3 is 1. The van der Waals surface area contributed by atoms with Crippen molar-refractivity contribution in [2.24, 2.45) is 0 Å². The molecule has 5 nitrogen and oxygen atoms in total. The van der Waals surface area contributed by atoms with Gasteiger partial charge in [-0.25, -0.2) is 0 Å². The Kier molecular flexibility index (Phi) is 4.16. The molecule has 0 spiro atoms. The third-order valence-electron chi connectivity index (χ3n) is 2.61. The lowest BCUT2D eigenvalue weighted by Gasteiger charge is -2.29. The van der Waals surface area contributed by atoms with E-state index in [1.807, 2.05) is 0 Å². The standard InChI is InChI=1S/C9H20B2O5/c1-9(12)7(16-11-3)6(5-14-10-2)15-8(9)13-4/h6-8,10-12H,5H2,1-4H3/t6-,7-,8?,9-/m1/s1/i10D,11D. The molecule has 92 valence electrons. The van der Waals surface area contributed by atoms with Crippen LogP contribution in [0.5, 0.6) is 0 Å². The van der Waals surface area contributed by atoms with Gasteiger partial charge in [0.2, 0.25) is 0 Å². The average molecular weight is 232 g/mol. The number of aliphatic hydroxyl groups is 1. The molecule has 1 rings (SSSR count). The molecule has 0 aromatic rings. The molecule has 1 aliphatic heterocycles. The van der Waals surface area contributed by atoms with Crippen molar-refractivity contribution >= 4 is 14.9 Å². The third kappa shape index (κ3) is 2.78. The Labute approximate surface area is 101 Å².